The van der Waals surface area contributed by atoms with E-state index in [2.05, 4.69) is 20.6 Å². The number of nitrogens with one attached hydrogen (secondary N) is 2. The zero-order valence-electron chi connectivity index (χ0n) is 16.4. The van der Waals surface area contributed by atoms with Crippen LogP contribution in [0.1, 0.15) is 12.5 Å². The molecule has 1 aromatic heterocycles. The van der Waals surface area contributed by atoms with Crippen LogP contribution in [0.3, 0.4) is 0 Å². The average Bonchev–Trinajstić information content (AvgIpc) is 2.67. The molecule has 0 saturated heterocycles. The van der Waals surface area contributed by atoms with E-state index in [1.165, 1.54) is 6.33 Å². The van der Waals surface area contributed by atoms with E-state index in [9.17, 15) is 10.1 Å². The number of ether oxygens (including phenoxy) is 3. The van der Waals surface area contributed by atoms with Crippen LogP contribution < -0.4 is 20.1 Å². The number of aromatic nitrogens is 2. The monoisotopic (exact) mass is 391 g/mol. The minimum Gasteiger partial charge on any atom is -0.493 e. The molecule has 10 heteroatoms. The van der Waals surface area contributed by atoms with Crippen molar-refractivity contribution in [2.45, 2.75) is 19.4 Å². The Bertz CT molecular complexity index is 802. The Morgan fingerprint density at radius 1 is 1.14 bits per heavy atom. The number of hydrogen-bond donors (Lipinski definition) is 2. The summed E-state index contributed by atoms with van der Waals surface area (Å²) in [5.41, 5.74) is 0.798. The zero-order valence-corrected chi connectivity index (χ0v) is 16.4. The third-order valence-corrected chi connectivity index (χ3v) is 3.96. The first-order valence-electron chi connectivity index (χ1n) is 8.69. The van der Waals surface area contributed by atoms with Gasteiger partial charge in [-0.05, 0) is 31.0 Å². The van der Waals surface area contributed by atoms with Gasteiger partial charge in [0, 0.05) is 19.7 Å². The maximum absolute atomic E-state index is 11.6. The fourth-order valence-electron chi connectivity index (χ4n) is 2.67. The zero-order chi connectivity index (χ0) is 20.5. The molecule has 1 heterocycles. The summed E-state index contributed by atoms with van der Waals surface area (Å²) in [6.45, 7) is 2.68. The fourth-order valence-corrected chi connectivity index (χ4v) is 2.67. The van der Waals surface area contributed by atoms with Gasteiger partial charge in [-0.1, -0.05) is 6.07 Å². The maximum Gasteiger partial charge on any atom is 0.353 e. The average molecular weight is 391 g/mol. The van der Waals surface area contributed by atoms with Crippen LogP contribution in [-0.4, -0.2) is 55.4 Å². The van der Waals surface area contributed by atoms with E-state index in [-0.39, 0.29) is 23.4 Å². The van der Waals surface area contributed by atoms with Crippen LogP contribution in [0.4, 0.5) is 17.3 Å². The molecular weight excluding hydrogens is 366 g/mol. The molecule has 0 amide bonds. The highest BCUT2D eigenvalue weighted by Gasteiger charge is 2.23. The van der Waals surface area contributed by atoms with Gasteiger partial charge >= 0.3 is 5.69 Å². The Balaban J connectivity index is 2.10. The molecule has 0 spiro atoms. The second kappa shape index (κ2) is 10.3. The normalized spacial score (nSPS) is 11.6. The molecule has 2 N–H and O–H groups in total. The first-order valence-corrected chi connectivity index (χ1v) is 8.69. The molecule has 0 bridgehead atoms. The lowest BCUT2D eigenvalue weighted by molar-refractivity contribution is -0.383. The number of anilines is 2. The number of rotatable bonds is 11. The summed E-state index contributed by atoms with van der Waals surface area (Å²) in [5, 5.41) is 17.6. The molecule has 2 aromatic rings. The molecule has 1 aromatic carbocycles. The maximum atomic E-state index is 11.6. The highest BCUT2D eigenvalue weighted by Crippen LogP contribution is 2.30. The standard InChI is InChI=1S/C18H25N5O5/c1-12(10-26-2)22-18-16(23(24)25)17(20-11-21-18)19-8-7-13-5-6-14(27-3)15(9-13)28-4/h5-6,9,11-12H,7-8,10H2,1-4H3,(H2,19,20,21,22). The van der Waals surface area contributed by atoms with Crippen molar-refractivity contribution in [1.29, 1.82) is 0 Å². The Morgan fingerprint density at radius 3 is 2.50 bits per heavy atom. The molecule has 10 nitrogen and oxygen atoms in total. The van der Waals surface area contributed by atoms with E-state index < -0.39 is 4.92 Å². The van der Waals surface area contributed by atoms with Gasteiger partial charge < -0.3 is 24.8 Å². The van der Waals surface area contributed by atoms with Crippen LogP contribution in [0, 0.1) is 10.1 Å². The summed E-state index contributed by atoms with van der Waals surface area (Å²) in [7, 11) is 4.71. The summed E-state index contributed by atoms with van der Waals surface area (Å²) in [6.07, 6.45) is 1.90. The first kappa shape index (κ1) is 21.2. The van der Waals surface area contributed by atoms with Gasteiger partial charge in [-0.2, -0.15) is 0 Å². The van der Waals surface area contributed by atoms with Gasteiger partial charge in [0.15, 0.2) is 11.5 Å². The SMILES string of the molecule is COCC(C)Nc1ncnc(NCCc2ccc(OC)c(OC)c2)c1[N+](=O)[O-]. The lowest BCUT2D eigenvalue weighted by atomic mass is 10.1. The van der Waals surface area contributed by atoms with E-state index in [1.807, 2.05) is 25.1 Å². The van der Waals surface area contributed by atoms with Gasteiger partial charge in [-0.15, -0.1) is 0 Å². The Labute approximate surface area is 163 Å². The van der Waals surface area contributed by atoms with E-state index in [4.69, 9.17) is 14.2 Å². The number of methoxy groups -OCH3 is 3. The van der Waals surface area contributed by atoms with E-state index in [0.29, 0.717) is 31.1 Å². The lowest BCUT2D eigenvalue weighted by Gasteiger charge is -2.14. The van der Waals surface area contributed by atoms with Gasteiger partial charge in [0.25, 0.3) is 0 Å². The van der Waals surface area contributed by atoms with Crippen molar-refractivity contribution >= 4 is 17.3 Å². The molecule has 152 valence electrons. The van der Waals surface area contributed by atoms with Gasteiger partial charge in [0.2, 0.25) is 11.6 Å². The van der Waals surface area contributed by atoms with E-state index in [1.54, 1.807) is 21.3 Å². The number of nitrogens with zero attached hydrogens (tertiary/aromatic N) is 3. The highest BCUT2D eigenvalue weighted by molar-refractivity contribution is 5.69. The Hall–Kier alpha value is -3.14. The van der Waals surface area contributed by atoms with Crippen LogP contribution >= 0.6 is 0 Å². The van der Waals surface area contributed by atoms with Crippen LogP contribution in [0.15, 0.2) is 24.5 Å². The predicted molar refractivity (Wildman–Crippen MR) is 105 cm³/mol. The number of hydrogen-bond acceptors (Lipinski definition) is 9. The van der Waals surface area contributed by atoms with Crippen molar-refractivity contribution in [2.24, 2.45) is 0 Å². The number of benzene rings is 1. The highest BCUT2D eigenvalue weighted by atomic mass is 16.6. The first-order chi connectivity index (χ1) is 13.5. The molecule has 1 atom stereocenters. The van der Waals surface area contributed by atoms with Gasteiger partial charge in [-0.25, -0.2) is 9.97 Å². The summed E-state index contributed by atoms with van der Waals surface area (Å²) in [4.78, 5) is 19.1. The summed E-state index contributed by atoms with van der Waals surface area (Å²) < 4.78 is 15.6. The van der Waals surface area contributed by atoms with Crippen molar-refractivity contribution in [2.75, 3.05) is 45.1 Å². The smallest absolute Gasteiger partial charge is 0.353 e. The van der Waals surface area contributed by atoms with Crippen LogP contribution in [0.2, 0.25) is 0 Å². The van der Waals surface area contributed by atoms with Gasteiger partial charge in [0.1, 0.15) is 6.33 Å². The molecule has 0 aliphatic rings. The predicted octanol–water partition coefficient (Wildman–Crippen LogP) is 2.50. The summed E-state index contributed by atoms with van der Waals surface area (Å²) in [6, 6.07) is 5.46. The van der Waals surface area contributed by atoms with Crippen molar-refractivity contribution in [1.82, 2.24) is 9.97 Å². The summed E-state index contributed by atoms with van der Waals surface area (Å²) >= 11 is 0. The van der Waals surface area contributed by atoms with Crippen LogP contribution in [0.25, 0.3) is 0 Å². The third-order valence-electron chi connectivity index (χ3n) is 3.96. The fraction of sp³-hybridized carbons (Fsp3) is 0.444. The second-order valence-corrected chi connectivity index (χ2v) is 6.04. The van der Waals surface area contributed by atoms with Crippen LogP contribution in [-0.2, 0) is 11.2 Å². The molecule has 1 unspecified atom stereocenters. The van der Waals surface area contributed by atoms with E-state index >= 15 is 0 Å². The molecule has 0 radical (unpaired) electrons. The van der Waals surface area contributed by atoms with E-state index in [0.717, 1.165) is 5.56 Å². The largest absolute Gasteiger partial charge is 0.493 e. The number of nitro groups is 1. The van der Waals surface area contributed by atoms with Crippen molar-refractivity contribution in [3.8, 4) is 11.5 Å². The van der Waals surface area contributed by atoms with Crippen molar-refractivity contribution < 1.29 is 19.1 Å². The Kier molecular flexibility index (Phi) is 7.76. The molecule has 0 aliphatic heterocycles. The minimum atomic E-state index is -0.499. The molecule has 0 saturated carbocycles. The molecule has 28 heavy (non-hydrogen) atoms. The van der Waals surface area contributed by atoms with Crippen LogP contribution in [0.5, 0.6) is 11.5 Å². The van der Waals surface area contributed by atoms with Gasteiger partial charge in [0.05, 0.1) is 25.7 Å². The summed E-state index contributed by atoms with van der Waals surface area (Å²) in [5.74, 6) is 1.59. The quantitative estimate of drug-likeness (QED) is 0.439. The topological polar surface area (TPSA) is 121 Å². The minimum absolute atomic E-state index is 0.141. The van der Waals surface area contributed by atoms with Gasteiger partial charge in [-0.3, -0.25) is 10.1 Å². The molecule has 0 aliphatic carbocycles. The van der Waals surface area contributed by atoms with Crippen molar-refractivity contribution in [3.05, 3.63) is 40.2 Å². The molecule has 2 rings (SSSR count). The lowest BCUT2D eigenvalue weighted by Crippen LogP contribution is -2.22. The molecule has 0 fully saturated rings. The Morgan fingerprint density at radius 2 is 1.86 bits per heavy atom. The second-order valence-electron chi connectivity index (χ2n) is 6.04. The molecular formula is C18H25N5O5. The third kappa shape index (κ3) is 5.43. The van der Waals surface area contributed by atoms with Crippen molar-refractivity contribution in [3.63, 3.8) is 0 Å².